The Morgan fingerprint density at radius 3 is 2.79 bits per heavy atom. The van der Waals surface area contributed by atoms with Crippen LogP contribution in [0.3, 0.4) is 0 Å². The molecule has 1 aliphatic heterocycles. The molecule has 1 aromatic carbocycles. The second-order valence-corrected chi connectivity index (χ2v) is 6.09. The first-order valence-corrected chi connectivity index (χ1v) is 8.25. The fraction of sp³-hybridized carbons (Fsp3) is 0.389. The molecule has 1 fully saturated rings. The molecular formula is C18H20N2O4. The molecule has 2 heterocycles. The molecule has 126 valence electrons. The number of amides is 2. The van der Waals surface area contributed by atoms with Crippen LogP contribution in [0, 0.1) is 0 Å². The summed E-state index contributed by atoms with van der Waals surface area (Å²) in [7, 11) is 0. The van der Waals surface area contributed by atoms with Gasteiger partial charge in [-0.1, -0.05) is 6.07 Å². The van der Waals surface area contributed by atoms with E-state index in [1.54, 1.807) is 6.26 Å². The summed E-state index contributed by atoms with van der Waals surface area (Å²) in [6, 6.07) is 9.24. The van der Waals surface area contributed by atoms with Crippen molar-refractivity contribution in [2.45, 2.75) is 31.8 Å². The third kappa shape index (κ3) is 2.79. The Balaban J connectivity index is 1.56. The van der Waals surface area contributed by atoms with Crippen molar-refractivity contribution in [2.75, 3.05) is 18.5 Å². The summed E-state index contributed by atoms with van der Waals surface area (Å²) in [5.74, 6) is 2.04. The summed E-state index contributed by atoms with van der Waals surface area (Å²) in [5.41, 5.74) is 0.634. The van der Waals surface area contributed by atoms with Crippen LogP contribution in [-0.2, 0) is 0 Å². The molecule has 6 nitrogen and oxygen atoms in total. The molecule has 24 heavy (non-hydrogen) atoms. The number of carbonyl (C=O) groups excluding carboxylic acids is 1. The Morgan fingerprint density at radius 2 is 2.04 bits per heavy atom. The average Bonchev–Trinajstić information content (AvgIpc) is 3.26. The molecule has 0 radical (unpaired) electrons. The van der Waals surface area contributed by atoms with Crippen molar-refractivity contribution < 1.29 is 18.7 Å². The van der Waals surface area contributed by atoms with Crippen LogP contribution in [0.4, 0.5) is 10.5 Å². The summed E-state index contributed by atoms with van der Waals surface area (Å²) in [4.78, 5) is 14.7. The van der Waals surface area contributed by atoms with Gasteiger partial charge in [-0.25, -0.2) is 4.79 Å². The van der Waals surface area contributed by atoms with Gasteiger partial charge in [-0.15, -0.1) is 0 Å². The highest BCUT2D eigenvalue weighted by molar-refractivity contribution is 5.92. The van der Waals surface area contributed by atoms with Crippen LogP contribution in [0.15, 0.2) is 41.0 Å². The Hall–Kier alpha value is -2.63. The zero-order valence-corrected chi connectivity index (χ0v) is 13.5. The maximum absolute atomic E-state index is 12.9. The minimum absolute atomic E-state index is 0.121. The van der Waals surface area contributed by atoms with Gasteiger partial charge in [0.2, 0.25) is 0 Å². The van der Waals surface area contributed by atoms with Crippen molar-refractivity contribution in [2.24, 2.45) is 0 Å². The third-order valence-corrected chi connectivity index (χ3v) is 4.35. The normalized spacial score (nSPS) is 17.2. The van der Waals surface area contributed by atoms with Crippen molar-refractivity contribution in [3.8, 4) is 11.5 Å². The summed E-state index contributed by atoms with van der Waals surface area (Å²) in [6.45, 7) is 2.99. The first kappa shape index (κ1) is 14.9. The SMILES string of the molecule is CC(c1ccco1)N(C(=O)Nc1cccc2c1OCCO2)C1CC1. The highest BCUT2D eigenvalue weighted by Gasteiger charge is 2.37. The number of urea groups is 1. The van der Waals surface area contributed by atoms with Crippen LogP contribution in [0.25, 0.3) is 0 Å². The van der Waals surface area contributed by atoms with Gasteiger partial charge in [0, 0.05) is 6.04 Å². The van der Waals surface area contributed by atoms with E-state index in [1.807, 2.05) is 42.2 Å². The number of anilines is 1. The molecule has 0 saturated heterocycles. The smallest absolute Gasteiger partial charge is 0.322 e. The molecule has 2 aromatic rings. The number of benzene rings is 1. The van der Waals surface area contributed by atoms with Gasteiger partial charge >= 0.3 is 6.03 Å². The Morgan fingerprint density at radius 1 is 1.21 bits per heavy atom. The predicted molar refractivity (Wildman–Crippen MR) is 88.4 cm³/mol. The number of carbonyl (C=O) groups is 1. The minimum atomic E-state index is -0.149. The number of ether oxygens (including phenoxy) is 2. The maximum atomic E-state index is 12.9. The Bertz CT molecular complexity index is 725. The lowest BCUT2D eigenvalue weighted by atomic mass is 10.2. The maximum Gasteiger partial charge on any atom is 0.322 e. The Kier molecular flexibility index (Phi) is 3.80. The van der Waals surface area contributed by atoms with Gasteiger partial charge in [0.1, 0.15) is 19.0 Å². The largest absolute Gasteiger partial charge is 0.486 e. The third-order valence-electron chi connectivity index (χ3n) is 4.35. The average molecular weight is 328 g/mol. The van der Waals surface area contributed by atoms with E-state index in [2.05, 4.69) is 5.32 Å². The monoisotopic (exact) mass is 328 g/mol. The van der Waals surface area contributed by atoms with Crippen molar-refractivity contribution in [1.29, 1.82) is 0 Å². The molecular weight excluding hydrogens is 308 g/mol. The predicted octanol–water partition coefficient (Wildman–Crippen LogP) is 3.81. The van der Waals surface area contributed by atoms with Crippen molar-refractivity contribution >= 4 is 11.7 Å². The lowest BCUT2D eigenvalue weighted by Crippen LogP contribution is -2.38. The van der Waals surface area contributed by atoms with Crippen LogP contribution in [0.2, 0.25) is 0 Å². The van der Waals surface area contributed by atoms with E-state index in [0.29, 0.717) is 30.4 Å². The highest BCUT2D eigenvalue weighted by atomic mass is 16.6. The summed E-state index contributed by atoms with van der Waals surface area (Å²) < 4.78 is 16.7. The lowest BCUT2D eigenvalue weighted by molar-refractivity contribution is 0.171. The van der Waals surface area contributed by atoms with Gasteiger partial charge in [-0.3, -0.25) is 0 Å². The van der Waals surface area contributed by atoms with Crippen LogP contribution < -0.4 is 14.8 Å². The Labute approximate surface area is 140 Å². The van der Waals surface area contributed by atoms with Crippen LogP contribution in [0.1, 0.15) is 31.6 Å². The van der Waals surface area contributed by atoms with Crippen LogP contribution >= 0.6 is 0 Å². The van der Waals surface area contributed by atoms with Crippen molar-refractivity contribution in [3.63, 3.8) is 0 Å². The zero-order valence-electron chi connectivity index (χ0n) is 13.5. The molecule has 1 unspecified atom stereocenters. The lowest BCUT2D eigenvalue weighted by Gasteiger charge is -2.29. The number of hydrogen-bond acceptors (Lipinski definition) is 4. The highest BCUT2D eigenvalue weighted by Crippen LogP contribution is 2.39. The molecule has 4 rings (SSSR count). The number of para-hydroxylation sites is 1. The van der Waals surface area contributed by atoms with E-state index in [9.17, 15) is 4.79 Å². The number of nitrogens with zero attached hydrogens (tertiary/aromatic N) is 1. The van der Waals surface area contributed by atoms with Gasteiger partial charge in [0.15, 0.2) is 11.5 Å². The number of furan rings is 1. The number of hydrogen-bond donors (Lipinski definition) is 1. The quantitative estimate of drug-likeness (QED) is 0.927. The van der Waals surface area contributed by atoms with Crippen LogP contribution in [-0.4, -0.2) is 30.2 Å². The van der Waals surface area contributed by atoms with Crippen molar-refractivity contribution in [3.05, 3.63) is 42.4 Å². The van der Waals surface area contributed by atoms with E-state index in [0.717, 1.165) is 18.6 Å². The van der Waals surface area contributed by atoms with Crippen molar-refractivity contribution in [1.82, 2.24) is 4.90 Å². The minimum Gasteiger partial charge on any atom is -0.486 e. The van der Waals surface area contributed by atoms with E-state index in [-0.39, 0.29) is 18.1 Å². The number of nitrogens with one attached hydrogen (secondary N) is 1. The van der Waals surface area contributed by atoms with Crippen LogP contribution in [0.5, 0.6) is 11.5 Å². The molecule has 1 aromatic heterocycles. The fourth-order valence-electron chi connectivity index (χ4n) is 3.03. The van der Waals surface area contributed by atoms with Gasteiger partial charge in [-0.2, -0.15) is 0 Å². The summed E-state index contributed by atoms with van der Waals surface area (Å²) >= 11 is 0. The first-order valence-electron chi connectivity index (χ1n) is 8.25. The van der Waals surface area contributed by atoms with Gasteiger partial charge in [0.25, 0.3) is 0 Å². The van der Waals surface area contributed by atoms with Gasteiger partial charge < -0.3 is 24.1 Å². The molecule has 1 saturated carbocycles. The molecule has 0 spiro atoms. The molecule has 0 bridgehead atoms. The second-order valence-electron chi connectivity index (χ2n) is 6.09. The van der Waals surface area contributed by atoms with E-state index in [1.165, 1.54) is 0 Å². The molecule has 1 N–H and O–H groups in total. The summed E-state index contributed by atoms with van der Waals surface area (Å²) in [6.07, 6.45) is 3.67. The van der Waals surface area contributed by atoms with E-state index in [4.69, 9.17) is 13.9 Å². The topological polar surface area (TPSA) is 63.9 Å². The number of fused-ring (bicyclic) bond motifs is 1. The number of rotatable bonds is 4. The standard InChI is InChI=1S/C18H20N2O4/c1-12(15-6-3-9-22-15)20(13-7-8-13)18(21)19-14-4-2-5-16-17(14)24-11-10-23-16/h2-6,9,12-13H,7-8,10-11H2,1H3,(H,19,21). The molecule has 1 aliphatic carbocycles. The fourth-order valence-corrected chi connectivity index (χ4v) is 3.03. The molecule has 2 amide bonds. The molecule has 2 aliphatic rings. The first-order chi connectivity index (χ1) is 11.7. The molecule has 6 heteroatoms. The summed E-state index contributed by atoms with van der Waals surface area (Å²) in [5, 5.41) is 2.97. The van der Waals surface area contributed by atoms with Gasteiger partial charge in [0.05, 0.1) is 18.0 Å². The van der Waals surface area contributed by atoms with Gasteiger partial charge in [-0.05, 0) is 44.0 Å². The van der Waals surface area contributed by atoms with E-state index >= 15 is 0 Å². The second kappa shape index (κ2) is 6.11. The molecule has 1 atom stereocenters. The van der Waals surface area contributed by atoms with E-state index < -0.39 is 0 Å². The zero-order chi connectivity index (χ0) is 16.5.